The van der Waals surface area contributed by atoms with Crippen molar-refractivity contribution in [2.45, 2.75) is 64.2 Å². The Morgan fingerprint density at radius 1 is 1.22 bits per heavy atom. The van der Waals surface area contributed by atoms with Crippen LogP contribution in [0.5, 0.6) is 0 Å². The maximum Gasteiger partial charge on any atom is 0.408 e. The Kier molecular flexibility index (Phi) is 5.86. The van der Waals surface area contributed by atoms with Crippen LogP contribution in [-0.4, -0.2) is 56.8 Å². The molecule has 176 valence electrons. The van der Waals surface area contributed by atoms with Crippen LogP contribution in [-0.2, 0) is 17.8 Å². The van der Waals surface area contributed by atoms with Crippen LogP contribution < -0.4 is 15.4 Å². The van der Waals surface area contributed by atoms with Gasteiger partial charge in [-0.3, -0.25) is 9.36 Å². The van der Waals surface area contributed by atoms with Crippen LogP contribution in [0.4, 0.5) is 33.7 Å². The van der Waals surface area contributed by atoms with Crippen LogP contribution in [0.25, 0.3) is 0 Å². The van der Waals surface area contributed by atoms with Crippen LogP contribution in [0.1, 0.15) is 32.5 Å². The van der Waals surface area contributed by atoms with E-state index in [-0.39, 0.29) is 36.1 Å². The summed E-state index contributed by atoms with van der Waals surface area (Å²) in [4.78, 5) is 20.0. The number of alkyl halides is 5. The molecule has 1 fully saturated rings. The van der Waals surface area contributed by atoms with Crippen molar-refractivity contribution in [3.05, 3.63) is 34.4 Å². The first-order valence-electron chi connectivity index (χ1n) is 10.2. The van der Waals surface area contributed by atoms with Gasteiger partial charge in [-0.05, 0) is 26.3 Å². The van der Waals surface area contributed by atoms with E-state index in [9.17, 15) is 26.7 Å². The number of morpholine rings is 1. The number of fused-ring (bicyclic) bond motifs is 1. The molecule has 0 spiro atoms. The molecule has 4 heterocycles. The molecule has 2 unspecified atom stereocenters. The molecule has 2 aromatic heterocycles. The van der Waals surface area contributed by atoms with Crippen molar-refractivity contribution >= 4 is 11.8 Å². The van der Waals surface area contributed by atoms with Gasteiger partial charge >= 0.3 is 12.7 Å². The zero-order chi connectivity index (χ0) is 23.2. The van der Waals surface area contributed by atoms with Gasteiger partial charge in [0.2, 0.25) is 5.95 Å². The summed E-state index contributed by atoms with van der Waals surface area (Å²) >= 11 is 0. The summed E-state index contributed by atoms with van der Waals surface area (Å²) in [6.07, 6.45) is -3.94. The number of aromatic nitrogens is 4. The molecule has 2 aliphatic rings. The lowest BCUT2D eigenvalue weighted by atomic mass is 10.1. The average molecular weight is 462 g/mol. The largest absolute Gasteiger partial charge is 0.408 e. The second-order valence-electron chi connectivity index (χ2n) is 8.07. The first-order chi connectivity index (χ1) is 15.1. The van der Waals surface area contributed by atoms with Gasteiger partial charge in [-0.2, -0.15) is 32.0 Å². The maximum absolute atomic E-state index is 13.9. The molecular weight excluding hydrogens is 439 g/mol. The van der Waals surface area contributed by atoms with Crippen molar-refractivity contribution in [3.8, 4) is 0 Å². The van der Waals surface area contributed by atoms with Crippen molar-refractivity contribution in [2.75, 3.05) is 23.0 Å². The van der Waals surface area contributed by atoms with Gasteiger partial charge in [0, 0.05) is 18.8 Å². The van der Waals surface area contributed by atoms with Crippen molar-refractivity contribution in [1.82, 2.24) is 19.3 Å². The molecule has 0 N–H and O–H groups in total. The third-order valence-electron chi connectivity index (χ3n) is 5.81. The van der Waals surface area contributed by atoms with Gasteiger partial charge in [0.15, 0.2) is 0 Å². The highest BCUT2D eigenvalue weighted by atomic mass is 19.4. The van der Waals surface area contributed by atoms with E-state index in [2.05, 4.69) is 10.1 Å². The fraction of sp³-hybridized carbons (Fsp3) is 0.632. The molecular formula is C19H23F5N6O2. The molecule has 32 heavy (non-hydrogen) atoms. The highest BCUT2D eigenvalue weighted by Crippen LogP contribution is 2.36. The van der Waals surface area contributed by atoms with Crippen LogP contribution in [0.3, 0.4) is 0 Å². The van der Waals surface area contributed by atoms with Crippen LogP contribution in [0.2, 0.25) is 0 Å². The van der Waals surface area contributed by atoms with Crippen LogP contribution in [0, 0.1) is 0 Å². The Morgan fingerprint density at radius 3 is 2.53 bits per heavy atom. The van der Waals surface area contributed by atoms with E-state index in [1.165, 1.54) is 12.1 Å². The van der Waals surface area contributed by atoms with E-state index in [1.807, 2.05) is 18.7 Å². The third-order valence-corrected chi connectivity index (χ3v) is 5.81. The van der Waals surface area contributed by atoms with Gasteiger partial charge in [-0.25, -0.2) is 4.68 Å². The predicted octanol–water partition coefficient (Wildman–Crippen LogP) is 2.79. The van der Waals surface area contributed by atoms with Crippen molar-refractivity contribution < 1.29 is 26.7 Å². The highest BCUT2D eigenvalue weighted by Gasteiger charge is 2.47. The van der Waals surface area contributed by atoms with Gasteiger partial charge in [-0.15, -0.1) is 0 Å². The number of ether oxygens (including phenoxy) is 1. The molecule has 0 saturated carbocycles. The zero-order valence-corrected chi connectivity index (χ0v) is 17.5. The van der Waals surface area contributed by atoms with Gasteiger partial charge in [0.1, 0.15) is 11.9 Å². The molecule has 0 bridgehead atoms. The van der Waals surface area contributed by atoms with E-state index >= 15 is 0 Å². The lowest BCUT2D eigenvalue weighted by Crippen LogP contribution is -2.54. The summed E-state index contributed by atoms with van der Waals surface area (Å²) in [5, 5.41) is 3.50. The first kappa shape index (κ1) is 22.5. The maximum atomic E-state index is 13.9. The number of anilines is 2. The minimum absolute atomic E-state index is 0.115. The topological polar surface area (TPSA) is 68.4 Å². The molecule has 0 radical (unpaired) electrons. The Morgan fingerprint density at radius 2 is 1.91 bits per heavy atom. The summed E-state index contributed by atoms with van der Waals surface area (Å²) in [5.74, 6) is 0.0359. The Bertz CT molecular complexity index is 1010. The molecule has 8 nitrogen and oxygen atoms in total. The minimum atomic E-state index is -4.64. The highest BCUT2D eigenvalue weighted by molar-refractivity contribution is 5.48. The van der Waals surface area contributed by atoms with E-state index < -0.39 is 37.3 Å². The van der Waals surface area contributed by atoms with E-state index in [0.717, 1.165) is 15.7 Å². The van der Waals surface area contributed by atoms with Crippen molar-refractivity contribution in [1.29, 1.82) is 0 Å². The zero-order valence-electron chi connectivity index (χ0n) is 17.5. The number of rotatable bonds is 4. The number of hydrogen-bond acceptors (Lipinski definition) is 6. The molecule has 3 atom stereocenters. The quantitative estimate of drug-likeness (QED) is 0.651. The Balaban J connectivity index is 1.81. The van der Waals surface area contributed by atoms with Gasteiger partial charge in [0.05, 0.1) is 37.5 Å². The molecule has 13 heteroatoms. The van der Waals surface area contributed by atoms with E-state index in [1.54, 1.807) is 0 Å². The second kappa shape index (κ2) is 8.34. The Labute approximate surface area is 180 Å². The predicted molar refractivity (Wildman–Crippen MR) is 105 cm³/mol. The van der Waals surface area contributed by atoms with Crippen molar-refractivity contribution in [3.63, 3.8) is 0 Å². The standard InChI is InChI=1S/C19H23F5N6O2/c1-11-9-32-10-12(2)29(11)15-7-16(31)27-6-4-14(19(22,23)24)28(18(27)26-15)8-13-3-5-25-30(13)17(20)21/h3,5,7,11-12,14,17H,4,6,8-10H2,1-2H3/t11-,12?,14?/m1/s1. The van der Waals surface area contributed by atoms with Gasteiger partial charge in [0.25, 0.3) is 5.56 Å². The molecule has 2 aliphatic heterocycles. The van der Waals surface area contributed by atoms with E-state index in [0.29, 0.717) is 17.9 Å². The SMILES string of the molecule is CC1COC[C@@H](C)N1c1cc(=O)n2c(n1)N(Cc1ccnn1C(F)F)C(C(F)(F)F)CC2. The average Bonchev–Trinajstić information content (AvgIpc) is 3.16. The third kappa shape index (κ3) is 4.05. The summed E-state index contributed by atoms with van der Waals surface area (Å²) in [5.41, 5.74) is -0.612. The lowest BCUT2D eigenvalue weighted by Gasteiger charge is -2.42. The van der Waals surface area contributed by atoms with Crippen LogP contribution >= 0.6 is 0 Å². The van der Waals surface area contributed by atoms with Gasteiger partial charge in [-0.1, -0.05) is 0 Å². The molecule has 0 aliphatic carbocycles. The molecule has 0 aromatic carbocycles. The fourth-order valence-electron chi connectivity index (χ4n) is 4.38. The Hall–Kier alpha value is -2.70. The molecule has 2 aromatic rings. The number of hydrogen-bond donors (Lipinski definition) is 0. The van der Waals surface area contributed by atoms with E-state index in [4.69, 9.17) is 4.74 Å². The molecule has 4 rings (SSSR count). The minimum Gasteiger partial charge on any atom is -0.377 e. The number of nitrogens with zero attached hydrogens (tertiary/aromatic N) is 6. The van der Waals surface area contributed by atoms with Crippen LogP contribution in [0.15, 0.2) is 23.1 Å². The summed E-state index contributed by atoms with van der Waals surface area (Å²) in [6.45, 7) is 0.784. The molecule has 1 saturated heterocycles. The normalized spacial score (nSPS) is 24.2. The van der Waals surface area contributed by atoms with Gasteiger partial charge < -0.3 is 14.5 Å². The number of halogens is 5. The summed E-state index contributed by atoms with van der Waals surface area (Å²) in [7, 11) is 0. The second-order valence-corrected chi connectivity index (χ2v) is 8.07. The molecule has 0 amide bonds. The first-order valence-corrected chi connectivity index (χ1v) is 10.2. The smallest absolute Gasteiger partial charge is 0.377 e. The fourth-order valence-corrected chi connectivity index (χ4v) is 4.38. The monoisotopic (exact) mass is 462 g/mol. The lowest BCUT2D eigenvalue weighted by molar-refractivity contribution is -0.153. The summed E-state index contributed by atoms with van der Waals surface area (Å²) in [6, 6.07) is 0.253. The summed E-state index contributed by atoms with van der Waals surface area (Å²) < 4.78 is 75.2. The van der Waals surface area contributed by atoms with Crippen molar-refractivity contribution in [2.24, 2.45) is 0 Å².